The standard InChI is InChI=1S/C17H19ClN4/c18-13-1-3-14(4-2-13)22-16-11-20-10-7-15(16)17(21-22)12-5-8-19-9-6-12/h1-4,7,10-12,17,19,21H,5-6,8-9H2. The molecule has 5 heteroatoms. The number of piperidine rings is 1. The minimum Gasteiger partial charge on any atom is -0.317 e. The molecule has 4 rings (SSSR count). The van der Waals surface area contributed by atoms with E-state index in [2.05, 4.69) is 26.8 Å². The van der Waals surface area contributed by atoms with Gasteiger partial charge < -0.3 is 5.32 Å². The van der Waals surface area contributed by atoms with Gasteiger partial charge in [-0.25, -0.2) is 5.43 Å². The topological polar surface area (TPSA) is 40.2 Å². The SMILES string of the molecule is Clc1ccc(N2NC(C3CCNCC3)c3ccncc32)cc1. The molecule has 0 aliphatic carbocycles. The van der Waals surface area contributed by atoms with E-state index in [0.717, 1.165) is 29.5 Å². The van der Waals surface area contributed by atoms with Crippen molar-refractivity contribution < 1.29 is 0 Å². The van der Waals surface area contributed by atoms with Gasteiger partial charge in [0, 0.05) is 11.2 Å². The van der Waals surface area contributed by atoms with Crippen LogP contribution in [0.15, 0.2) is 42.7 Å². The number of hydrogen-bond donors (Lipinski definition) is 2. The fourth-order valence-corrected chi connectivity index (χ4v) is 3.59. The second kappa shape index (κ2) is 5.88. The molecule has 1 unspecified atom stereocenters. The number of benzene rings is 1. The molecule has 1 fully saturated rings. The van der Waals surface area contributed by atoms with Crippen LogP contribution in [-0.2, 0) is 0 Å². The number of nitrogens with zero attached hydrogens (tertiary/aromatic N) is 2. The molecule has 3 heterocycles. The fourth-order valence-electron chi connectivity index (χ4n) is 3.47. The normalized spacial score (nSPS) is 21.9. The zero-order valence-electron chi connectivity index (χ0n) is 12.3. The highest BCUT2D eigenvalue weighted by Gasteiger charge is 2.35. The Morgan fingerprint density at radius 2 is 1.86 bits per heavy atom. The van der Waals surface area contributed by atoms with Crippen LogP contribution in [0.2, 0.25) is 5.02 Å². The van der Waals surface area contributed by atoms with Gasteiger partial charge in [-0.3, -0.25) is 9.99 Å². The fraction of sp³-hybridized carbons (Fsp3) is 0.353. The summed E-state index contributed by atoms with van der Waals surface area (Å²) in [5.74, 6) is 0.653. The Hall–Kier alpha value is -1.62. The molecule has 1 aromatic heterocycles. The quantitative estimate of drug-likeness (QED) is 0.891. The van der Waals surface area contributed by atoms with E-state index in [-0.39, 0.29) is 0 Å². The average Bonchev–Trinajstić information content (AvgIpc) is 2.96. The van der Waals surface area contributed by atoms with Crippen molar-refractivity contribution in [3.63, 3.8) is 0 Å². The number of rotatable bonds is 2. The molecule has 1 atom stereocenters. The number of fused-ring (bicyclic) bond motifs is 1. The van der Waals surface area contributed by atoms with E-state index in [1.807, 2.05) is 36.7 Å². The van der Waals surface area contributed by atoms with Crippen LogP contribution in [0.5, 0.6) is 0 Å². The summed E-state index contributed by atoms with van der Waals surface area (Å²) in [4.78, 5) is 4.31. The molecule has 0 radical (unpaired) electrons. The molecule has 0 amide bonds. The molecule has 1 saturated heterocycles. The predicted molar refractivity (Wildman–Crippen MR) is 89.3 cm³/mol. The molecule has 0 spiro atoms. The van der Waals surface area contributed by atoms with Gasteiger partial charge in [-0.05, 0) is 67.7 Å². The first-order valence-corrected chi connectivity index (χ1v) is 8.17. The van der Waals surface area contributed by atoms with Crippen molar-refractivity contribution in [1.82, 2.24) is 15.7 Å². The number of aromatic nitrogens is 1. The second-order valence-electron chi connectivity index (χ2n) is 5.94. The maximum atomic E-state index is 6.01. The van der Waals surface area contributed by atoms with Crippen LogP contribution in [-0.4, -0.2) is 18.1 Å². The van der Waals surface area contributed by atoms with Crippen LogP contribution in [0.1, 0.15) is 24.4 Å². The molecule has 2 aliphatic rings. The maximum Gasteiger partial charge on any atom is 0.0809 e. The summed E-state index contributed by atoms with van der Waals surface area (Å²) in [6.45, 7) is 2.20. The molecular weight excluding hydrogens is 296 g/mol. The zero-order chi connectivity index (χ0) is 14.9. The molecule has 0 saturated carbocycles. The van der Waals surface area contributed by atoms with E-state index in [1.54, 1.807) is 0 Å². The third-order valence-corrected chi connectivity index (χ3v) is 4.87. The number of hydrogen-bond acceptors (Lipinski definition) is 4. The van der Waals surface area contributed by atoms with Crippen molar-refractivity contribution in [2.24, 2.45) is 5.92 Å². The predicted octanol–water partition coefficient (Wildman–Crippen LogP) is 3.43. The average molecular weight is 315 g/mol. The number of anilines is 2. The first-order chi connectivity index (χ1) is 10.8. The van der Waals surface area contributed by atoms with Crippen LogP contribution in [0, 0.1) is 5.92 Å². The van der Waals surface area contributed by atoms with Crippen molar-refractivity contribution in [3.05, 3.63) is 53.3 Å². The van der Waals surface area contributed by atoms with E-state index < -0.39 is 0 Å². The van der Waals surface area contributed by atoms with Gasteiger partial charge in [0.15, 0.2) is 0 Å². The lowest BCUT2D eigenvalue weighted by Crippen LogP contribution is -2.38. The lowest BCUT2D eigenvalue weighted by molar-refractivity contribution is 0.295. The number of hydrazine groups is 1. The molecule has 114 valence electrons. The minimum atomic E-state index is 0.357. The zero-order valence-corrected chi connectivity index (χ0v) is 13.1. The molecule has 0 bridgehead atoms. The van der Waals surface area contributed by atoms with E-state index in [4.69, 9.17) is 11.6 Å². The highest BCUT2D eigenvalue weighted by molar-refractivity contribution is 6.30. The smallest absolute Gasteiger partial charge is 0.0809 e. The monoisotopic (exact) mass is 314 g/mol. The van der Waals surface area contributed by atoms with E-state index in [9.17, 15) is 0 Å². The Morgan fingerprint density at radius 3 is 2.64 bits per heavy atom. The van der Waals surface area contributed by atoms with Crippen molar-refractivity contribution in [2.75, 3.05) is 18.1 Å². The molecular formula is C17H19ClN4. The van der Waals surface area contributed by atoms with Crippen LogP contribution >= 0.6 is 11.6 Å². The van der Waals surface area contributed by atoms with Gasteiger partial charge in [-0.1, -0.05) is 11.6 Å². The third-order valence-electron chi connectivity index (χ3n) is 4.62. The Bertz CT molecular complexity index is 652. The summed E-state index contributed by atoms with van der Waals surface area (Å²) in [6, 6.07) is 10.4. The van der Waals surface area contributed by atoms with Crippen LogP contribution < -0.4 is 15.8 Å². The third kappa shape index (κ3) is 2.47. The van der Waals surface area contributed by atoms with Gasteiger partial charge in [-0.2, -0.15) is 0 Å². The van der Waals surface area contributed by atoms with Gasteiger partial charge in [0.05, 0.1) is 23.6 Å². The second-order valence-corrected chi connectivity index (χ2v) is 6.38. The summed E-state index contributed by atoms with van der Waals surface area (Å²) in [5.41, 5.74) is 7.27. The van der Waals surface area contributed by atoms with Gasteiger partial charge in [-0.15, -0.1) is 0 Å². The Balaban J connectivity index is 1.68. The number of halogens is 1. The van der Waals surface area contributed by atoms with E-state index in [1.165, 1.54) is 18.4 Å². The Kier molecular flexibility index (Phi) is 3.74. The highest BCUT2D eigenvalue weighted by Crippen LogP contribution is 2.42. The van der Waals surface area contributed by atoms with Gasteiger partial charge in [0.25, 0.3) is 0 Å². The highest BCUT2D eigenvalue weighted by atomic mass is 35.5. The van der Waals surface area contributed by atoms with Crippen molar-refractivity contribution in [1.29, 1.82) is 0 Å². The first kappa shape index (κ1) is 14.0. The largest absolute Gasteiger partial charge is 0.317 e. The lowest BCUT2D eigenvalue weighted by atomic mass is 9.87. The summed E-state index contributed by atoms with van der Waals surface area (Å²) < 4.78 is 0. The molecule has 2 aliphatic heterocycles. The van der Waals surface area contributed by atoms with Crippen molar-refractivity contribution >= 4 is 23.0 Å². The van der Waals surface area contributed by atoms with Gasteiger partial charge >= 0.3 is 0 Å². The van der Waals surface area contributed by atoms with Crippen LogP contribution in [0.25, 0.3) is 0 Å². The van der Waals surface area contributed by atoms with Gasteiger partial charge in [0.2, 0.25) is 0 Å². The van der Waals surface area contributed by atoms with Crippen LogP contribution in [0.3, 0.4) is 0 Å². The number of pyridine rings is 1. The Labute approximate surface area is 135 Å². The van der Waals surface area contributed by atoms with Crippen LogP contribution in [0.4, 0.5) is 11.4 Å². The lowest BCUT2D eigenvalue weighted by Gasteiger charge is -2.29. The van der Waals surface area contributed by atoms with E-state index in [0.29, 0.717) is 12.0 Å². The number of nitrogens with one attached hydrogen (secondary N) is 2. The molecule has 22 heavy (non-hydrogen) atoms. The summed E-state index contributed by atoms with van der Waals surface area (Å²) in [5, 5.41) is 6.34. The van der Waals surface area contributed by atoms with Crippen molar-refractivity contribution in [3.8, 4) is 0 Å². The summed E-state index contributed by atoms with van der Waals surface area (Å²) >= 11 is 6.01. The molecule has 2 aromatic rings. The van der Waals surface area contributed by atoms with Crippen molar-refractivity contribution in [2.45, 2.75) is 18.9 Å². The van der Waals surface area contributed by atoms with E-state index >= 15 is 0 Å². The molecule has 1 aromatic carbocycles. The minimum absolute atomic E-state index is 0.357. The maximum absolute atomic E-state index is 6.01. The van der Waals surface area contributed by atoms with Gasteiger partial charge in [0.1, 0.15) is 0 Å². The summed E-state index contributed by atoms with van der Waals surface area (Å²) in [6.07, 6.45) is 6.24. The summed E-state index contributed by atoms with van der Waals surface area (Å²) in [7, 11) is 0. The molecule has 4 nitrogen and oxygen atoms in total. The first-order valence-electron chi connectivity index (χ1n) is 7.79. The molecule has 2 N–H and O–H groups in total. The Morgan fingerprint density at radius 1 is 1.09 bits per heavy atom.